The summed E-state index contributed by atoms with van der Waals surface area (Å²) in [5, 5.41) is 3.41. The molecule has 0 amide bonds. The molecule has 0 aromatic heterocycles. The van der Waals surface area contributed by atoms with Crippen LogP contribution >= 0.6 is 24.0 Å². The molecular formula is C17H35IN4O. The summed E-state index contributed by atoms with van der Waals surface area (Å²) in [7, 11) is 0. The lowest BCUT2D eigenvalue weighted by atomic mass is 9.96. The Bertz CT molecular complexity index is 339. The molecule has 1 saturated carbocycles. The quantitative estimate of drug-likeness (QED) is 0.380. The molecule has 0 radical (unpaired) electrons. The van der Waals surface area contributed by atoms with Crippen LogP contribution in [0.4, 0.5) is 0 Å². The summed E-state index contributed by atoms with van der Waals surface area (Å²) in [4.78, 5) is 7.16. The van der Waals surface area contributed by atoms with E-state index >= 15 is 0 Å². The van der Waals surface area contributed by atoms with Crippen molar-refractivity contribution in [2.45, 2.75) is 64.5 Å². The SMILES string of the molecule is CC(C)CC(CN=C(N)NC1CCCCC1)N1CCOCC1.I. The molecule has 1 unspecified atom stereocenters. The van der Waals surface area contributed by atoms with E-state index in [2.05, 4.69) is 29.1 Å². The number of halogens is 1. The molecule has 0 bridgehead atoms. The second kappa shape index (κ2) is 11.5. The van der Waals surface area contributed by atoms with Gasteiger partial charge in [-0.3, -0.25) is 9.89 Å². The number of nitrogens with zero attached hydrogens (tertiary/aromatic N) is 2. The minimum absolute atomic E-state index is 0. The molecule has 2 fully saturated rings. The van der Waals surface area contributed by atoms with Gasteiger partial charge in [0.25, 0.3) is 0 Å². The summed E-state index contributed by atoms with van der Waals surface area (Å²) < 4.78 is 5.47. The lowest BCUT2D eigenvalue weighted by Crippen LogP contribution is -2.46. The third-order valence-corrected chi connectivity index (χ3v) is 4.74. The molecule has 23 heavy (non-hydrogen) atoms. The lowest BCUT2D eigenvalue weighted by molar-refractivity contribution is 0.0143. The Kier molecular flexibility index (Phi) is 10.5. The number of aliphatic imine (C=N–C) groups is 1. The van der Waals surface area contributed by atoms with E-state index in [1.807, 2.05) is 0 Å². The molecule has 1 atom stereocenters. The van der Waals surface area contributed by atoms with Crippen LogP contribution in [-0.2, 0) is 4.74 Å². The van der Waals surface area contributed by atoms with Gasteiger partial charge in [-0.25, -0.2) is 0 Å². The van der Waals surface area contributed by atoms with E-state index < -0.39 is 0 Å². The van der Waals surface area contributed by atoms with Gasteiger partial charge < -0.3 is 15.8 Å². The number of nitrogens with one attached hydrogen (secondary N) is 1. The molecule has 2 rings (SSSR count). The molecule has 0 spiro atoms. The number of hydrogen-bond donors (Lipinski definition) is 2. The average molecular weight is 438 g/mol. The standard InChI is InChI=1S/C17H34N4O.HI/c1-14(2)12-16(21-8-10-22-11-9-21)13-19-17(18)20-15-6-4-3-5-7-15;/h14-16H,3-13H2,1-2H3,(H3,18,19,20);1H. The molecule has 3 N–H and O–H groups in total. The lowest BCUT2D eigenvalue weighted by Gasteiger charge is -2.34. The molecule has 5 nitrogen and oxygen atoms in total. The zero-order valence-electron chi connectivity index (χ0n) is 14.8. The predicted molar refractivity (Wildman–Crippen MR) is 108 cm³/mol. The summed E-state index contributed by atoms with van der Waals surface area (Å²) in [6.07, 6.45) is 7.62. The normalized spacial score (nSPS) is 22.7. The first-order valence-corrected chi connectivity index (χ1v) is 9.03. The highest BCUT2D eigenvalue weighted by Crippen LogP contribution is 2.17. The monoisotopic (exact) mass is 438 g/mol. The number of nitrogens with two attached hydrogens (primary N) is 1. The molecule has 1 aliphatic carbocycles. The summed E-state index contributed by atoms with van der Waals surface area (Å²) in [6.45, 7) is 9.07. The summed E-state index contributed by atoms with van der Waals surface area (Å²) in [5.41, 5.74) is 6.11. The highest BCUT2D eigenvalue weighted by molar-refractivity contribution is 14.0. The molecule has 1 saturated heterocycles. The van der Waals surface area contributed by atoms with Gasteiger partial charge >= 0.3 is 0 Å². The first kappa shape index (κ1) is 21.0. The van der Waals surface area contributed by atoms with Crippen molar-refractivity contribution in [3.63, 3.8) is 0 Å². The van der Waals surface area contributed by atoms with Crippen LogP contribution in [-0.4, -0.2) is 55.8 Å². The topological polar surface area (TPSA) is 62.9 Å². The van der Waals surface area contributed by atoms with Crippen molar-refractivity contribution >= 4 is 29.9 Å². The van der Waals surface area contributed by atoms with Crippen LogP contribution in [0.1, 0.15) is 52.4 Å². The fourth-order valence-corrected chi connectivity index (χ4v) is 3.53. The summed E-state index contributed by atoms with van der Waals surface area (Å²) in [6, 6.07) is 1.01. The minimum Gasteiger partial charge on any atom is -0.379 e. The van der Waals surface area contributed by atoms with E-state index in [4.69, 9.17) is 10.5 Å². The zero-order chi connectivity index (χ0) is 15.8. The Hall–Kier alpha value is -0.0800. The molecular weight excluding hydrogens is 403 g/mol. The minimum atomic E-state index is 0. The van der Waals surface area contributed by atoms with Crippen molar-refractivity contribution in [3.8, 4) is 0 Å². The van der Waals surface area contributed by atoms with Crippen LogP contribution in [0.3, 0.4) is 0 Å². The van der Waals surface area contributed by atoms with Gasteiger partial charge in [0.05, 0.1) is 19.8 Å². The Morgan fingerprint density at radius 1 is 1.22 bits per heavy atom. The number of morpholine rings is 1. The van der Waals surface area contributed by atoms with E-state index in [9.17, 15) is 0 Å². The Morgan fingerprint density at radius 3 is 2.48 bits per heavy atom. The Balaban J connectivity index is 0.00000264. The van der Waals surface area contributed by atoms with Crippen molar-refractivity contribution in [1.29, 1.82) is 0 Å². The van der Waals surface area contributed by atoms with E-state index in [0.717, 1.165) is 32.8 Å². The average Bonchev–Trinajstić information content (AvgIpc) is 2.53. The smallest absolute Gasteiger partial charge is 0.188 e. The fraction of sp³-hybridized carbons (Fsp3) is 0.941. The van der Waals surface area contributed by atoms with Crippen LogP contribution in [0.25, 0.3) is 0 Å². The molecule has 0 aromatic carbocycles. The Morgan fingerprint density at radius 2 is 1.87 bits per heavy atom. The maximum atomic E-state index is 6.11. The zero-order valence-corrected chi connectivity index (χ0v) is 17.1. The summed E-state index contributed by atoms with van der Waals surface area (Å²) in [5.74, 6) is 1.31. The first-order chi connectivity index (χ1) is 10.6. The van der Waals surface area contributed by atoms with E-state index in [1.54, 1.807) is 0 Å². The largest absolute Gasteiger partial charge is 0.379 e. The molecule has 1 heterocycles. The molecule has 0 aromatic rings. The van der Waals surface area contributed by atoms with Crippen LogP contribution in [0.5, 0.6) is 0 Å². The number of rotatable bonds is 6. The van der Waals surface area contributed by atoms with Crippen LogP contribution in [0, 0.1) is 5.92 Å². The van der Waals surface area contributed by atoms with Crippen LogP contribution < -0.4 is 11.1 Å². The number of guanidine groups is 1. The second-order valence-electron chi connectivity index (χ2n) is 7.14. The van der Waals surface area contributed by atoms with Crippen molar-refractivity contribution in [3.05, 3.63) is 0 Å². The maximum Gasteiger partial charge on any atom is 0.188 e. The van der Waals surface area contributed by atoms with Crippen LogP contribution in [0.2, 0.25) is 0 Å². The number of hydrogen-bond acceptors (Lipinski definition) is 3. The maximum absolute atomic E-state index is 6.11. The van der Waals surface area contributed by atoms with Crippen LogP contribution in [0.15, 0.2) is 4.99 Å². The second-order valence-corrected chi connectivity index (χ2v) is 7.14. The highest BCUT2D eigenvalue weighted by atomic mass is 127. The fourth-order valence-electron chi connectivity index (χ4n) is 3.53. The van der Waals surface area contributed by atoms with Gasteiger partial charge in [-0.15, -0.1) is 24.0 Å². The molecule has 6 heteroatoms. The number of ether oxygens (including phenoxy) is 1. The highest BCUT2D eigenvalue weighted by Gasteiger charge is 2.22. The van der Waals surface area contributed by atoms with Crippen molar-refractivity contribution in [1.82, 2.24) is 10.2 Å². The van der Waals surface area contributed by atoms with Gasteiger partial charge in [0, 0.05) is 25.2 Å². The van der Waals surface area contributed by atoms with Crippen molar-refractivity contribution in [2.24, 2.45) is 16.6 Å². The van der Waals surface area contributed by atoms with Crippen molar-refractivity contribution in [2.75, 3.05) is 32.8 Å². The van der Waals surface area contributed by atoms with Gasteiger partial charge in [-0.2, -0.15) is 0 Å². The third kappa shape index (κ3) is 8.03. The van der Waals surface area contributed by atoms with Gasteiger partial charge in [0.1, 0.15) is 0 Å². The van der Waals surface area contributed by atoms with Gasteiger partial charge in [-0.05, 0) is 25.2 Å². The third-order valence-electron chi connectivity index (χ3n) is 4.74. The van der Waals surface area contributed by atoms with Gasteiger partial charge in [-0.1, -0.05) is 33.1 Å². The summed E-state index contributed by atoms with van der Waals surface area (Å²) >= 11 is 0. The van der Waals surface area contributed by atoms with Crippen molar-refractivity contribution < 1.29 is 4.74 Å². The van der Waals surface area contributed by atoms with Gasteiger partial charge in [0.2, 0.25) is 0 Å². The van der Waals surface area contributed by atoms with E-state index in [1.165, 1.54) is 38.5 Å². The molecule has 1 aliphatic heterocycles. The molecule has 136 valence electrons. The van der Waals surface area contributed by atoms with E-state index in [0.29, 0.717) is 24.0 Å². The molecule has 2 aliphatic rings. The van der Waals surface area contributed by atoms with Gasteiger partial charge in [0.15, 0.2) is 5.96 Å². The van der Waals surface area contributed by atoms with E-state index in [-0.39, 0.29) is 24.0 Å². The Labute approximate surface area is 158 Å². The first-order valence-electron chi connectivity index (χ1n) is 9.03. The predicted octanol–water partition coefficient (Wildman–Crippen LogP) is 2.59.